The van der Waals surface area contributed by atoms with Crippen molar-refractivity contribution in [1.82, 2.24) is 10.2 Å². The highest BCUT2D eigenvalue weighted by Gasteiger charge is 2.34. The first-order valence-electron chi connectivity index (χ1n) is 8.25. The second-order valence-electron chi connectivity index (χ2n) is 6.78. The highest BCUT2D eigenvalue weighted by atomic mass is 15.3. The Labute approximate surface area is 123 Å². The molecule has 20 heavy (non-hydrogen) atoms. The van der Waals surface area contributed by atoms with E-state index in [-0.39, 0.29) is 0 Å². The Bertz CT molecular complexity index is 431. The normalized spacial score (nSPS) is 29.4. The molecule has 0 spiro atoms. The number of hydrogen-bond acceptors (Lipinski definition) is 2. The van der Waals surface area contributed by atoms with E-state index < -0.39 is 0 Å². The lowest BCUT2D eigenvalue weighted by Gasteiger charge is -2.44. The van der Waals surface area contributed by atoms with Crippen LogP contribution in [0.4, 0.5) is 0 Å². The quantitative estimate of drug-likeness (QED) is 0.910. The van der Waals surface area contributed by atoms with Gasteiger partial charge in [0, 0.05) is 31.2 Å². The highest BCUT2D eigenvalue weighted by Crippen LogP contribution is 2.28. The summed E-state index contributed by atoms with van der Waals surface area (Å²) in [5, 5.41) is 3.75. The van der Waals surface area contributed by atoms with E-state index in [1.165, 1.54) is 25.8 Å². The van der Waals surface area contributed by atoms with Crippen molar-refractivity contribution in [2.45, 2.75) is 58.2 Å². The molecule has 1 aliphatic heterocycles. The molecule has 1 saturated heterocycles. The molecule has 0 amide bonds. The fourth-order valence-corrected chi connectivity index (χ4v) is 3.86. The van der Waals surface area contributed by atoms with E-state index >= 15 is 0 Å². The van der Waals surface area contributed by atoms with Gasteiger partial charge in [-0.25, -0.2) is 0 Å². The van der Waals surface area contributed by atoms with Crippen molar-refractivity contribution in [1.29, 1.82) is 0 Å². The van der Waals surface area contributed by atoms with E-state index in [9.17, 15) is 0 Å². The van der Waals surface area contributed by atoms with Crippen LogP contribution >= 0.6 is 0 Å². The van der Waals surface area contributed by atoms with E-state index in [0.717, 1.165) is 18.5 Å². The average Bonchev–Trinajstić information content (AvgIpc) is 2.90. The fourth-order valence-electron chi connectivity index (χ4n) is 3.86. The molecule has 3 atom stereocenters. The molecule has 3 rings (SSSR count). The van der Waals surface area contributed by atoms with Crippen LogP contribution in [0.5, 0.6) is 0 Å². The van der Waals surface area contributed by atoms with Crippen molar-refractivity contribution in [2.75, 3.05) is 13.1 Å². The molecule has 0 radical (unpaired) electrons. The van der Waals surface area contributed by atoms with Crippen LogP contribution in [0.25, 0.3) is 0 Å². The predicted molar refractivity (Wildman–Crippen MR) is 85.1 cm³/mol. The van der Waals surface area contributed by atoms with Crippen LogP contribution in [0.1, 0.15) is 38.3 Å². The first-order chi connectivity index (χ1) is 9.69. The summed E-state index contributed by atoms with van der Waals surface area (Å²) in [6, 6.07) is 11.0. The van der Waals surface area contributed by atoms with Gasteiger partial charge in [0.05, 0.1) is 0 Å². The summed E-state index contributed by atoms with van der Waals surface area (Å²) in [5.41, 5.74) is 3.15. The first-order valence-corrected chi connectivity index (χ1v) is 8.25. The third kappa shape index (κ3) is 2.64. The average molecular weight is 272 g/mol. The van der Waals surface area contributed by atoms with Crippen LogP contribution in [0.3, 0.4) is 0 Å². The monoisotopic (exact) mass is 272 g/mol. The molecule has 1 aromatic carbocycles. The van der Waals surface area contributed by atoms with E-state index in [4.69, 9.17) is 0 Å². The summed E-state index contributed by atoms with van der Waals surface area (Å²) >= 11 is 0. The van der Waals surface area contributed by atoms with Gasteiger partial charge in [-0.15, -0.1) is 0 Å². The Kier molecular flexibility index (Phi) is 4.13. The molecule has 2 nitrogen and oxygen atoms in total. The maximum absolute atomic E-state index is 3.75. The molecule has 0 bridgehead atoms. The molecule has 1 N–H and O–H groups in total. The lowest BCUT2D eigenvalue weighted by Crippen LogP contribution is -2.60. The predicted octanol–water partition coefficient (Wildman–Crippen LogP) is 2.86. The highest BCUT2D eigenvalue weighted by molar-refractivity contribution is 5.33. The van der Waals surface area contributed by atoms with Crippen molar-refractivity contribution in [2.24, 2.45) is 5.92 Å². The standard InChI is InChI=1S/C18H28N2/c1-4-13(2)18-12-20(14(3)11-19-18)17-9-15-7-5-6-8-16(15)10-17/h5-8,13-14,17-19H,4,9-12H2,1-3H3. The molecule has 0 saturated carbocycles. The number of nitrogens with one attached hydrogen (secondary N) is 1. The Balaban J connectivity index is 1.70. The number of rotatable bonds is 3. The Morgan fingerprint density at radius 3 is 2.50 bits per heavy atom. The summed E-state index contributed by atoms with van der Waals surface area (Å²) in [6.45, 7) is 9.43. The maximum atomic E-state index is 3.75. The zero-order valence-corrected chi connectivity index (χ0v) is 13.1. The topological polar surface area (TPSA) is 15.3 Å². The maximum Gasteiger partial charge on any atom is 0.0221 e. The van der Waals surface area contributed by atoms with Crippen molar-refractivity contribution < 1.29 is 0 Å². The molecule has 110 valence electrons. The van der Waals surface area contributed by atoms with Crippen molar-refractivity contribution in [3.8, 4) is 0 Å². The van der Waals surface area contributed by atoms with Gasteiger partial charge in [-0.3, -0.25) is 4.90 Å². The lowest BCUT2D eigenvalue weighted by atomic mass is 9.94. The molecule has 1 heterocycles. The van der Waals surface area contributed by atoms with Gasteiger partial charge in [-0.2, -0.15) is 0 Å². The number of benzene rings is 1. The molecule has 2 heteroatoms. The number of piperazine rings is 1. The van der Waals surface area contributed by atoms with Gasteiger partial charge in [-0.1, -0.05) is 44.5 Å². The number of nitrogens with zero attached hydrogens (tertiary/aromatic N) is 1. The Morgan fingerprint density at radius 2 is 1.90 bits per heavy atom. The van der Waals surface area contributed by atoms with Gasteiger partial charge < -0.3 is 5.32 Å². The summed E-state index contributed by atoms with van der Waals surface area (Å²) in [7, 11) is 0. The number of hydrogen-bond donors (Lipinski definition) is 1. The van der Waals surface area contributed by atoms with Gasteiger partial charge in [0.25, 0.3) is 0 Å². The van der Waals surface area contributed by atoms with Crippen LogP contribution in [0.2, 0.25) is 0 Å². The minimum atomic E-state index is 0.662. The largest absolute Gasteiger partial charge is 0.311 e. The second-order valence-corrected chi connectivity index (χ2v) is 6.78. The minimum absolute atomic E-state index is 0.662. The van der Waals surface area contributed by atoms with Crippen LogP contribution in [-0.4, -0.2) is 36.1 Å². The van der Waals surface area contributed by atoms with Crippen LogP contribution in [0.15, 0.2) is 24.3 Å². The fraction of sp³-hybridized carbons (Fsp3) is 0.667. The first kappa shape index (κ1) is 14.1. The Hall–Kier alpha value is -0.860. The summed E-state index contributed by atoms with van der Waals surface area (Å²) in [4.78, 5) is 2.77. The molecule has 1 fully saturated rings. The van der Waals surface area contributed by atoms with Crippen molar-refractivity contribution in [3.63, 3.8) is 0 Å². The molecular weight excluding hydrogens is 244 g/mol. The van der Waals surface area contributed by atoms with Gasteiger partial charge in [-0.05, 0) is 36.8 Å². The van der Waals surface area contributed by atoms with Crippen LogP contribution < -0.4 is 5.32 Å². The van der Waals surface area contributed by atoms with E-state index in [1.807, 2.05) is 0 Å². The molecule has 0 aromatic heterocycles. The lowest BCUT2D eigenvalue weighted by molar-refractivity contribution is 0.0786. The molecule has 2 aliphatic rings. The molecule has 1 aliphatic carbocycles. The van der Waals surface area contributed by atoms with E-state index in [1.54, 1.807) is 11.1 Å². The van der Waals surface area contributed by atoms with Crippen LogP contribution in [0, 0.1) is 5.92 Å². The minimum Gasteiger partial charge on any atom is -0.311 e. The molecular formula is C18H28N2. The summed E-state index contributed by atoms with van der Waals surface area (Å²) < 4.78 is 0. The van der Waals surface area contributed by atoms with Gasteiger partial charge in [0.1, 0.15) is 0 Å². The zero-order chi connectivity index (χ0) is 14.1. The van der Waals surface area contributed by atoms with E-state index in [0.29, 0.717) is 12.1 Å². The molecule has 3 unspecified atom stereocenters. The zero-order valence-electron chi connectivity index (χ0n) is 13.1. The number of fused-ring (bicyclic) bond motifs is 1. The summed E-state index contributed by atoms with van der Waals surface area (Å²) in [5.74, 6) is 0.772. The smallest absolute Gasteiger partial charge is 0.0221 e. The van der Waals surface area contributed by atoms with E-state index in [2.05, 4.69) is 55.3 Å². The van der Waals surface area contributed by atoms with Gasteiger partial charge >= 0.3 is 0 Å². The Morgan fingerprint density at radius 1 is 1.25 bits per heavy atom. The SMILES string of the molecule is CCC(C)C1CN(C2Cc3ccccc3C2)C(C)CN1. The third-order valence-electron chi connectivity index (χ3n) is 5.48. The van der Waals surface area contributed by atoms with Gasteiger partial charge in [0.2, 0.25) is 0 Å². The third-order valence-corrected chi connectivity index (χ3v) is 5.48. The summed E-state index contributed by atoms with van der Waals surface area (Å²) in [6.07, 6.45) is 3.76. The molecule has 1 aromatic rings. The van der Waals surface area contributed by atoms with Crippen molar-refractivity contribution >= 4 is 0 Å². The van der Waals surface area contributed by atoms with Crippen molar-refractivity contribution in [3.05, 3.63) is 35.4 Å². The van der Waals surface area contributed by atoms with Crippen LogP contribution in [-0.2, 0) is 12.8 Å². The second kappa shape index (κ2) is 5.87. The van der Waals surface area contributed by atoms with Gasteiger partial charge in [0.15, 0.2) is 0 Å².